The SMILES string of the molecule is COc1ccccc1/C=C/C=c1\sc2nc(=O)c(Cc3ccccc3Cl)nn2c1=O. The maximum Gasteiger partial charge on any atom is 0.296 e. The Labute approximate surface area is 180 Å². The van der Waals surface area contributed by atoms with E-state index in [1.165, 1.54) is 4.52 Å². The van der Waals surface area contributed by atoms with E-state index in [9.17, 15) is 9.59 Å². The molecule has 0 aliphatic rings. The Balaban J connectivity index is 1.71. The monoisotopic (exact) mass is 437 g/mol. The second kappa shape index (κ2) is 8.61. The largest absolute Gasteiger partial charge is 0.496 e. The minimum Gasteiger partial charge on any atom is -0.496 e. The van der Waals surface area contributed by atoms with Crippen LogP contribution in [0.15, 0.2) is 64.2 Å². The lowest BCUT2D eigenvalue weighted by Gasteiger charge is -2.02. The van der Waals surface area contributed by atoms with Crippen LogP contribution in [0.1, 0.15) is 16.8 Å². The van der Waals surface area contributed by atoms with Crippen LogP contribution in [0.4, 0.5) is 0 Å². The van der Waals surface area contributed by atoms with Gasteiger partial charge in [0.1, 0.15) is 11.4 Å². The first-order valence-electron chi connectivity index (χ1n) is 9.04. The topological polar surface area (TPSA) is 73.6 Å². The van der Waals surface area contributed by atoms with Crippen molar-refractivity contribution in [2.75, 3.05) is 7.11 Å². The van der Waals surface area contributed by atoms with Gasteiger partial charge in [-0.05, 0) is 23.8 Å². The molecule has 0 saturated heterocycles. The van der Waals surface area contributed by atoms with Crippen LogP contribution in [0.2, 0.25) is 5.02 Å². The Hall–Kier alpha value is -3.29. The number of hydrogen-bond donors (Lipinski definition) is 0. The zero-order valence-electron chi connectivity index (χ0n) is 15.9. The average Bonchev–Trinajstić information content (AvgIpc) is 3.05. The van der Waals surface area contributed by atoms with E-state index in [2.05, 4.69) is 10.1 Å². The number of halogens is 1. The summed E-state index contributed by atoms with van der Waals surface area (Å²) >= 11 is 7.29. The zero-order valence-corrected chi connectivity index (χ0v) is 17.5. The fourth-order valence-electron chi connectivity index (χ4n) is 2.93. The lowest BCUT2D eigenvalue weighted by Crippen LogP contribution is -2.27. The number of thiazole rings is 1. The number of aromatic nitrogens is 3. The second-order valence-electron chi connectivity index (χ2n) is 6.37. The highest BCUT2D eigenvalue weighted by atomic mass is 35.5. The molecule has 150 valence electrons. The van der Waals surface area contributed by atoms with Gasteiger partial charge in [0.25, 0.3) is 11.1 Å². The van der Waals surface area contributed by atoms with Crippen molar-refractivity contribution in [2.45, 2.75) is 6.42 Å². The lowest BCUT2D eigenvalue weighted by atomic mass is 10.1. The number of allylic oxidation sites excluding steroid dienone is 1. The van der Waals surface area contributed by atoms with Crippen molar-refractivity contribution in [3.63, 3.8) is 0 Å². The fraction of sp³-hybridized carbons (Fsp3) is 0.0909. The Kier molecular flexibility index (Phi) is 5.74. The van der Waals surface area contributed by atoms with E-state index in [4.69, 9.17) is 16.3 Å². The lowest BCUT2D eigenvalue weighted by molar-refractivity contribution is 0.414. The normalized spacial score (nSPS) is 12.1. The van der Waals surface area contributed by atoms with E-state index >= 15 is 0 Å². The molecule has 0 spiro atoms. The summed E-state index contributed by atoms with van der Waals surface area (Å²) in [5, 5.41) is 4.78. The smallest absolute Gasteiger partial charge is 0.296 e. The highest BCUT2D eigenvalue weighted by Gasteiger charge is 2.12. The molecule has 0 aliphatic carbocycles. The summed E-state index contributed by atoms with van der Waals surface area (Å²) in [4.78, 5) is 29.4. The Bertz CT molecular complexity index is 1430. The predicted octanol–water partition coefficient (Wildman–Crippen LogP) is 2.98. The van der Waals surface area contributed by atoms with Gasteiger partial charge in [0.05, 0.1) is 11.6 Å². The van der Waals surface area contributed by atoms with Crippen LogP contribution in [0.5, 0.6) is 5.75 Å². The van der Waals surface area contributed by atoms with E-state index in [0.717, 1.165) is 28.2 Å². The van der Waals surface area contributed by atoms with Crippen molar-refractivity contribution < 1.29 is 4.74 Å². The molecule has 0 aliphatic heterocycles. The summed E-state index contributed by atoms with van der Waals surface area (Å²) in [7, 11) is 1.60. The van der Waals surface area contributed by atoms with Gasteiger partial charge in [0.15, 0.2) is 0 Å². The molecule has 0 radical (unpaired) electrons. The van der Waals surface area contributed by atoms with Crippen LogP contribution >= 0.6 is 22.9 Å². The molecule has 0 unspecified atom stereocenters. The summed E-state index contributed by atoms with van der Waals surface area (Å²) in [5.41, 5.74) is 1.02. The molecule has 2 aromatic carbocycles. The number of nitrogens with zero attached hydrogens (tertiary/aromatic N) is 3. The molecular weight excluding hydrogens is 422 g/mol. The van der Waals surface area contributed by atoms with E-state index < -0.39 is 5.56 Å². The molecule has 6 nitrogen and oxygen atoms in total. The average molecular weight is 438 g/mol. The molecule has 30 heavy (non-hydrogen) atoms. The molecule has 0 bridgehead atoms. The van der Waals surface area contributed by atoms with Crippen LogP contribution in [0.25, 0.3) is 17.1 Å². The molecular formula is C22H16ClN3O3S. The molecule has 0 amide bonds. The van der Waals surface area contributed by atoms with Crippen molar-refractivity contribution in [3.05, 3.63) is 102 Å². The van der Waals surface area contributed by atoms with E-state index in [-0.39, 0.29) is 22.6 Å². The van der Waals surface area contributed by atoms with Gasteiger partial charge in [-0.2, -0.15) is 14.6 Å². The third-order valence-corrected chi connectivity index (χ3v) is 5.77. The molecule has 4 rings (SSSR count). The molecule has 2 heterocycles. The summed E-state index contributed by atoms with van der Waals surface area (Å²) in [6.45, 7) is 0. The minimum absolute atomic E-state index is 0.173. The number of ether oxygens (including phenoxy) is 1. The van der Waals surface area contributed by atoms with Crippen LogP contribution in [0.3, 0.4) is 0 Å². The fourth-order valence-corrected chi connectivity index (χ4v) is 3.99. The highest BCUT2D eigenvalue weighted by Crippen LogP contribution is 2.19. The number of para-hydroxylation sites is 1. The van der Waals surface area contributed by atoms with Crippen molar-refractivity contribution in [1.82, 2.24) is 14.6 Å². The minimum atomic E-state index is -0.465. The summed E-state index contributed by atoms with van der Waals surface area (Å²) < 4.78 is 6.90. The molecule has 4 aromatic rings. The second-order valence-corrected chi connectivity index (χ2v) is 7.78. The molecule has 2 aromatic heterocycles. The third kappa shape index (κ3) is 4.03. The van der Waals surface area contributed by atoms with Gasteiger partial charge in [0, 0.05) is 17.0 Å². The van der Waals surface area contributed by atoms with Gasteiger partial charge in [-0.15, -0.1) is 0 Å². The Morgan fingerprint density at radius 3 is 2.70 bits per heavy atom. The van der Waals surface area contributed by atoms with E-state index in [0.29, 0.717) is 9.55 Å². The van der Waals surface area contributed by atoms with Gasteiger partial charge in [-0.25, -0.2) is 0 Å². The first kappa shape index (κ1) is 20.0. The van der Waals surface area contributed by atoms with Gasteiger partial charge >= 0.3 is 0 Å². The number of rotatable bonds is 5. The molecule has 0 atom stereocenters. The van der Waals surface area contributed by atoms with Crippen molar-refractivity contribution >= 4 is 40.1 Å². The van der Waals surface area contributed by atoms with Crippen molar-refractivity contribution in [1.29, 1.82) is 0 Å². The van der Waals surface area contributed by atoms with Gasteiger partial charge in [-0.3, -0.25) is 9.59 Å². The number of benzene rings is 2. The van der Waals surface area contributed by atoms with Gasteiger partial charge in [-0.1, -0.05) is 71.5 Å². The maximum absolute atomic E-state index is 12.7. The van der Waals surface area contributed by atoms with Crippen LogP contribution in [-0.4, -0.2) is 21.7 Å². The Morgan fingerprint density at radius 1 is 1.13 bits per heavy atom. The number of hydrogen-bond acceptors (Lipinski definition) is 6. The van der Waals surface area contributed by atoms with E-state index in [1.54, 1.807) is 25.3 Å². The summed E-state index contributed by atoms with van der Waals surface area (Å²) in [5.74, 6) is 0.735. The van der Waals surface area contributed by atoms with Crippen molar-refractivity contribution in [2.24, 2.45) is 0 Å². The first-order valence-corrected chi connectivity index (χ1v) is 10.2. The number of fused-ring (bicyclic) bond motifs is 1. The molecule has 8 heteroatoms. The predicted molar refractivity (Wildman–Crippen MR) is 119 cm³/mol. The van der Waals surface area contributed by atoms with Crippen LogP contribution < -0.4 is 20.4 Å². The van der Waals surface area contributed by atoms with Crippen LogP contribution in [-0.2, 0) is 6.42 Å². The standard InChI is InChI=1S/C22H16ClN3O3S/c1-29-18-11-5-3-7-14(18)9-6-12-19-21(28)26-22(30-19)24-20(27)17(25-26)13-15-8-2-4-10-16(15)23/h2-12H,13H2,1H3/b9-6+,19-12-. The quantitative estimate of drug-likeness (QED) is 0.480. The zero-order chi connectivity index (χ0) is 21.1. The maximum atomic E-state index is 12.7. The van der Waals surface area contributed by atoms with Gasteiger partial charge in [0.2, 0.25) is 4.96 Å². The summed E-state index contributed by atoms with van der Waals surface area (Å²) in [6.07, 6.45) is 5.48. The van der Waals surface area contributed by atoms with E-state index in [1.807, 2.05) is 48.5 Å². The summed E-state index contributed by atoms with van der Waals surface area (Å²) in [6, 6.07) is 14.7. The number of methoxy groups -OCH3 is 1. The molecule has 0 N–H and O–H groups in total. The Morgan fingerprint density at radius 2 is 1.90 bits per heavy atom. The molecule has 0 fully saturated rings. The highest BCUT2D eigenvalue weighted by molar-refractivity contribution is 7.15. The third-order valence-electron chi connectivity index (χ3n) is 4.43. The van der Waals surface area contributed by atoms with Crippen LogP contribution in [0, 0.1) is 0 Å². The van der Waals surface area contributed by atoms with Crippen molar-refractivity contribution in [3.8, 4) is 5.75 Å². The molecule has 0 saturated carbocycles. The first-order chi connectivity index (χ1) is 14.6. The van der Waals surface area contributed by atoms with Gasteiger partial charge < -0.3 is 4.74 Å².